The number of hydrogen-bond acceptors (Lipinski definition) is 4. The second kappa shape index (κ2) is 9.15. The van der Waals surface area contributed by atoms with Crippen LogP contribution in [0, 0.1) is 6.92 Å². The summed E-state index contributed by atoms with van der Waals surface area (Å²) in [6, 6.07) is 32.9. The van der Waals surface area contributed by atoms with E-state index in [0.717, 1.165) is 43.8 Å². The molecule has 0 saturated carbocycles. The lowest BCUT2D eigenvalue weighted by Gasteiger charge is -2.08. The number of aromatic amines is 1. The number of para-hydroxylation sites is 2. The van der Waals surface area contributed by atoms with Crippen LogP contribution in [0.15, 0.2) is 121 Å². The maximum absolute atomic E-state index is 13.9. The molecule has 8 rings (SSSR count). The molecule has 0 aliphatic carbocycles. The van der Waals surface area contributed by atoms with E-state index in [0.29, 0.717) is 23.4 Å². The zero-order valence-electron chi connectivity index (χ0n) is 22.7. The lowest BCUT2D eigenvalue weighted by molar-refractivity contribution is 0.589. The molecule has 7 nitrogen and oxygen atoms in total. The fourth-order valence-electron chi connectivity index (χ4n) is 5.89. The van der Waals surface area contributed by atoms with Crippen molar-refractivity contribution in [2.75, 3.05) is 0 Å². The second-order valence-corrected chi connectivity index (χ2v) is 12.4. The summed E-state index contributed by atoms with van der Waals surface area (Å²) in [5.41, 5.74) is 7.50. The molecule has 4 aromatic heterocycles. The summed E-state index contributed by atoms with van der Waals surface area (Å²) in [5.74, 6) is 0. The number of nitrogens with zero attached hydrogens (tertiary/aromatic N) is 4. The van der Waals surface area contributed by atoms with Crippen LogP contribution in [-0.2, 0) is 16.6 Å². The van der Waals surface area contributed by atoms with Crippen LogP contribution in [0.5, 0.6) is 0 Å². The number of benzene rings is 4. The maximum Gasteiger partial charge on any atom is 0.268 e. The Bertz CT molecular complexity index is 2400. The first kappa shape index (κ1) is 24.6. The van der Waals surface area contributed by atoms with Crippen molar-refractivity contribution in [2.24, 2.45) is 0 Å². The lowest BCUT2D eigenvalue weighted by Crippen LogP contribution is -2.11. The van der Waals surface area contributed by atoms with E-state index in [1.165, 1.54) is 9.54 Å². The third kappa shape index (κ3) is 3.69. The van der Waals surface area contributed by atoms with Crippen LogP contribution >= 0.6 is 0 Å². The van der Waals surface area contributed by atoms with Crippen LogP contribution < -0.4 is 0 Å². The third-order valence-electron chi connectivity index (χ3n) is 7.92. The van der Waals surface area contributed by atoms with Crippen LogP contribution in [0.2, 0.25) is 0 Å². The Morgan fingerprint density at radius 3 is 2.33 bits per heavy atom. The Hall–Kier alpha value is -5.21. The van der Waals surface area contributed by atoms with Gasteiger partial charge < -0.3 is 9.55 Å². The molecule has 4 heterocycles. The van der Waals surface area contributed by atoms with E-state index < -0.39 is 10.0 Å². The van der Waals surface area contributed by atoms with E-state index in [2.05, 4.69) is 27.8 Å². The largest absolute Gasteiger partial charge is 0.353 e. The minimum Gasteiger partial charge on any atom is -0.353 e. The van der Waals surface area contributed by atoms with E-state index in [1.54, 1.807) is 18.3 Å². The van der Waals surface area contributed by atoms with Crippen molar-refractivity contribution in [1.29, 1.82) is 0 Å². The predicted octanol–water partition coefficient (Wildman–Crippen LogP) is 7.28. The van der Waals surface area contributed by atoms with Gasteiger partial charge in [-0.25, -0.2) is 22.4 Å². The molecule has 4 aromatic carbocycles. The molecule has 1 N–H and O–H groups in total. The first-order valence-corrected chi connectivity index (χ1v) is 15.1. The molecular weight excluding hydrogens is 542 g/mol. The Morgan fingerprint density at radius 2 is 1.52 bits per heavy atom. The molecule has 0 amide bonds. The summed E-state index contributed by atoms with van der Waals surface area (Å²) in [7, 11) is -3.86. The molecule has 204 valence electrons. The molecule has 42 heavy (non-hydrogen) atoms. The van der Waals surface area contributed by atoms with E-state index in [4.69, 9.17) is 9.97 Å². The van der Waals surface area contributed by atoms with Crippen molar-refractivity contribution >= 4 is 53.9 Å². The summed E-state index contributed by atoms with van der Waals surface area (Å²) in [6.07, 6.45) is 3.53. The number of aryl methyl sites for hydroxylation is 1. The highest BCUT2D eigenvalue weighted by molar-refractivity contribution is 7.90. The smallest absolute Gasteiger partial charge is 0.268 e. The fourth-order valence-corrected chi connectivity index (χ4v) is 7.26. The van der Waals surface area contributed by atoms with Crippen molar-refractivity contribution < 1.29 is 8.42 Å². The highest BCUT2D eigenvalue weighted by Gasteiger charge is 2.25. The van der Waals surface area contributed by atoms with Gasteiger partial charge >= 0.3 is 0 Å². The Balaban J connectivity index is 1.42. The zero-order valence-corrected chi connectivity index (χ0v) is 23.5. The van der Waals surface area contributed by atoms with Gasteiger partial charge in [0.15, 0.2) is 5.65 Å². The van der Waals surface area contributed by atoms with Gasteiger partial charge in [0.1, 0.15) is 0 Å². The molecule has 0 bridgehead atoms. The number of fused-ring (bicyclic) bond motifs is 6. The molecule has 0 unspecified atom stereocenters. The molecule has 0 fully saturated rings. The number of pyridine rings is 1. The van der Waals surface area contributed by atoms with Gasteiger partial charge in [0.05, 0.1) is 33.5 Å². The monoisotopic (exact) mass is 567 g/mol. The average molecular weight is 568 g/mol. The van der Waals surface area contributed by atoms with Crippen molar-refractivity contribution in [1.82, 2.24) is 23.5 Å². The van der Waals surface area contributed by atoms with Crippen LogP contribution in [-0.4, -0.2) is 31.9 Å². The van der Waals surface area contributed by atoms with E-state index in [9.17, 15) is 8.42 Å². The van der Waals surface area contributed by atoms with E-state index in [-0.39, 0.29) is 4.90 Å². The molecule has 0 spiro atoms. The van der Waals surface area contributed by atoms with Crippen molar-refractivity contribution in [2.45, 2.75) is 18.4 Å². The van der Waals surface area contributed by atoms with Gasteiger partial charge in [-0.2, -0.15) is 0 Å². The number of hydrogen-bond donors (Lipinski definition) is 1. The highest BCUT2D eigenvalue weighted by atomic mass is 32.2. The molecule has 0 aliphatic heterocycles. The molecule has 8 heteroatoms. The summed E-state index contributed by atoms with van der Waals surface area (Å²) in [6.45, 7) is 2.59. The Labute approximate surface area is 241 Å². The topological polar surface area (TPSA) is 85.6 Å². The number of imidazole rings is 1. The van der Waals surface area contributed by atoms with E-state index >= 15 is 0 Å². The van der Waals surface area contributed by atoms with Gasteiger partial charge in [0.2, 0.25) is 0 Å². The summed E-state index contributed by atoms with van der Waals surface area (Å²) >= 11 is 0. The van der Waals surface area contributed by atoms with Crippen molar-refractivity contribution in [3.8, 4) is 11.3 Å². The second-order valence-electron chi connectivity index (χ2n) is 10.6. The Kier molecular flexibility index (Phi) is 5.36. The minimum absolute atomic E-state index is 0.235. The summed E-state index contributed by atoms with van der Waals surface area (Å²) < 4.78 is 31.3. The van der Waals surface area contributed by atoms with Gasteiger partial charge in [-0.3, -0.25) is 0 Å². The van der Waals surface area contributed by atoms with Crippen molar-refractivity contribution in [3.05, 3.63) is 127 Å². The quantitative estimate of drug-likeness (QED) is 0.237. The molecule has 0 radical (unpaired) electrons. The van der Waals surface area contributed by atoms with Gasteiger partial charge in [-0.1, -0.05) is 84.4 Å². The Morgan fingerprint density at radius 1 is 0.810 bits per heavy atom. The van der Waals surface area contributed by atoms with Gasteiger partial charge in [-0.05, 0) is 36.8 Å². The third-order valence-corrected chi connectivity index (χ3v) is 9.61. The normalized spacial score (nSPS) is 12.2. The van der Waals surface area contributed by atoms with Crippen LogP contribution in [0.25, 0.3) is 55.1 Å². The standard InChI is InChI=1S/C34H25N5O2S/c1-22-15-17-24(18-16-22)42(40,41)39-20-27(25-11-6-8-14-29(25)39)31-32-30(26-12-5-7-13-28(26)36-32)33-34(37-31)35-21-38(33)19-23-9-3-2-4-10-23/h2-18,20-21,36H,19H2,1H3. The molecular formula is C34H25N5O2S. The molecule has 8 aromatic rings. The van der Waals surface area contributed by atoms with Crippen LogP contribution in [0.1, 0.15) is 11.1 Å². The average Bonchev–Trinajstić information content (AvgIpc) is 3.71. The summed E-state index contributed by atoms with van der Waals surface area (Å²) in [4.78, 5) is 13.7. The number of rotatable bonds is 5. The van der Waals surface area contributed by atoms with Gasteiger partial charge in [0.25, 0.3) is 10.0 Å². The first-order valence-electron chi connectivity index (χ1n) is 13.7. The predicted molar refractivity (Wildman–Crippen MR) is 167 cm³/mol. The first-order chi connectivity index (χ1) is 20.5. The van der Waals surface area contributed by atoms with Gasteiger partial charge in [0, 0.05) is 40.0 Å². The number of H-pyrrole nitrogens is 1. The fraction of sp³-hybridized carbons (Fsp3) is 0.0588. The lowest BCUT2D eigenvalue weighted by atomic mass is 10.1. The summed E-state index contributed by atoms with van der Waals surface area (Å²) in [5, 5.41) is 2.87. The van der Waals surface area contributed by atoms with Crippen molar-refractivity contribution in [3.63, 3.8) is 0 Å². The zero-order chi connectivity index (χ0) is 28.4. The highest BCUT2D eigenvalue weighted by Crippen LogP contribution is 2.40. The number of nitrogens with one attached hydrogen (secondary N) is 1. The van der Waals surface area contributed by atoms with Crippen LogP contribution in [0.3, 0.4) is 0 Å². The molecule has 0 atom stereocenters. The van der Waals surface area contributed by atoms with Gasteiger partial charge in [-0.15, -0.1) is 0 Å². The molecule has 0 aliphatic rings. The minimum atomic E-state index is -3.86. The van der Waals surface area contributed by atoms with E-state index in [1.807, 2.05) is 86.0 Å². The number of aromatic nitrogens is 5. The SMILES string of the molecule is Cc1ccc(S(=O)(=O)n2cc(-c3nc4ncn(Cc5ccccc5)c4c4c3[nH]c3ccccc34)c3ccccc32)cc1. The molecule has 0 saturated heterocycles. The van der Waals surface area contributed by atoms with Crippen LogP contribution in [0.4, 0.5) is 0 Å². The maximum atomic E-state index is 13.9.